The van der Waals surface area contributed by atoms with Gasteiger partial charge in [-0.3, -0.25) is 4.90 Å². The van der Waals surface area contributed by atoms with Crippen molar-refractivity contribution in [3.8, 4) is 0 Å². The second kappa shape index (κ2) is 6.90. The molecule has 0 saturated carbocycles. The first kappa shape index (κ1) is 17.5. The number of aliphatic hydroxyl groups is 1. The molecule has 1 atom stereocenters. The molecule has 1 heterocycles. The van der Waals surface area contributed by atoms with E-state index in [-0.39, 0.29) is 11.4 Å². The van der Waals surface area contributed by atoms with E-state index in [1.807, 2.05) is 4.90 Å². The Morgan fingerprint density at radius 3 is 2.52 bits per heavy atom. The van der Waals surface area contributed by atoms with Gasteiger partial charge in [0.25, 0.3) is 0 Å². The van der Waals surface area contributed by atoms with Crippen molar-refractivity contribution < 1.29 is 23.8 Å². The van der Waals surface area contributed by atoms with E-state index in [9.17, 15) is 18.7 Å². The van der Waals surface area contributed by atoms with E-state index < -0.39 is 17.4 Å². The minimum atomic E-state index is -1.17. The molecule has 0 aliphatic carbocycles. The Balaban J connectivity index is 1.64. The fourth-order valence-corrected chi connectivity index (χ4v) is 3.25. The largest absolute Gasteiger partial charge is 0.478 e. The number of carboxylic acids is 1. The molecule has 2 aromatic carbocycles. The molecule has 6 heteroatoms. The Morgan fingerprint density at radius 2 is 1.88 bits per heavy atom. The fourth-order valence-electron chi connectivity index (χ4n) is 3.25. The van der Waals surface area contributed by atoms with E-state index in [1.165, 1.54) is 24.3 Å². The average molecular weight is 347 g/mol. The summed E-state index contributed by atoms with van der Waals surface area (Å²) in [5.74, 6) is -2.04. The number of aromatic carboxylic acids is 1. The van der Waals surface area contributed by atoms with Crippen LogP contribution in [0.1, 0.15) is 27.9 Å². The van der Waals surface area contributed by atoms with Crippen LogP contribution in [0, 0.1) is 11.6 Å². The number of carboxylic acid groups (broad SMARTS) is 1. The molecule has 2 aromatic rings. The van der Waals surface area contributed by atoms with Crippen LogP contribution in [0.15, 0.2) is 42.5 Å². The lowest BCUT2D eigenvalue weighted by Gasteiger charge is -2.24. The summed E-state index contributed by atoms with van der Waals surface area (Å²) in [5.41, 5.74) is 0.226. The van der Waals surface area contributed by atoms with Gasteiger partial charge in [0.15, 0.2) is 0 Å². The summed E-state index contributed by atoms with van der Waals surface area (Å²) in [4.78, 5) is 12.8. The van der Waals surface area contributed by atoms with Crippen LogP contribution >= 0.6 is 0 Å². The normalized spacial score (nSPS) is 20.8. The van der Waals surface area contributed by atoms with Gasteiger partial charge in [0.05, 0.1) is 11.2 Å². The summed E-state index contributed by atoms with van der Waals surface area (Å²) >= 11 is 0. The first-order valence-corrected chi connectivity index (χ1v) is 8.06. The summed E-state index contributed by atoms with van der Waals surface area (Å²) < 4.78 is 27.0. The van der Waals surface area contributed by atoms with Crippen LogP contribution in [0.3, 0.4) is 0 Å². The highest BCUT2D eigenvalue weighted by atomic mass is 19.1. The third-order valence-electron chi connectivity index (χ3n) is 4.55. The monoisotopic (exact) mass is 347 g/mol. The van der Waals surface area contributed by atoms with E-state index >= 15 is 0 Å². The second-order valence-corrected chi connectivity index (χ2v) is 6.60. The number of rotatable bonds is 5. The number of halogens is 2. The minimum absolute atomic E-state index is 0.0875. The summed E-state index contributed by atoms with van der Waals surface area (Å²) in [6.07, 6.45) is 0.948. The molecule has 3 rings (SSSR count). The van der Waals surface area contributed by atoms with Crippen molar-refractivity contribution in [2.45, 2.75) is 25.0 Å². The molecule has 25 heavy (non-hydrogen) atoms. The molecule has 1 aliphatic heterocycles. The number of benzene rings is 2. The third-order valence-corrected chi connectivity index (χ3v) is 4.55. The fraction of sp³-hybridized carbons (Fsp3) is 0.316. The van der Waals surface area contributed by atoms with E-state index in [1.54, 1.807) is 12.1 Å². The van der Waals surface area contributed by atoms with Crippen molar-refractivity contribution in [1.29, 1.82) is 0 Å². The number of hydrogen-bond donors (Lipinski definition) is 2. The molecule has 132 valence electrons. The number of likely N-dealkylation sites (tertiary alicyclic amines) is 1. The zero-order chi connectivity index (χ0) is 18.0. The maximum Gasteiger partial charge on any atom is 0.335 e. The third kappa shape index (κ3) is 4.21. The standard InChI is InChI=1S/C19H19F2NO3/c20-16-5-1-13(2-6-16)10-19(25)7-8-22(12-19)11-15-4-3-14(18(23)24)9-17(15)21/h1-6,9,25H,7-8,10-12H2,(H,23,24). The predicted octanol–water partition coefficient (Wildman–Crippen LogP) is 2.84. The Bertz CT molecular complexity index is 779. The number of nitrogens with zero attached hydrogens (tertiary/aromatic N) is 1. The van der Waals surface area contributed by atoms with Crippen molar-refractivity contribution in [1.82, 2.24) is 4.90 Å². The lowest BCUT2D eigenvalue weighted by Crippen LogP contribution is -2.35. The van der Waals surface area contributed by atoms with Crippen LogP contribution < -0.4 is 0 Å². The molecule has 0 radical (unpaired) electrons. The smallest absolute Gasteiger partial charge is 0.335 e. The molecular weight excluding hydrogens is 328 g/mol. The van der Waals surface area contributed by atoms with Gasteiger partial charge in [-0.1, -0.05) is 18.2 Å². The highest BCUT2D eigenvalue weighted by molar-refractivity contribution is 5.87. The Hall–Kier alpha value is -2.31. The molecule has 0 amide bonds. The van der Waals surface area contributed by atoms with E-state index in [2.05, 4.69) is 0 Å². The number of β-amino-alcohol motifs (C(OH)–C–C–N with tert-alkyl or cyclic N) is 1. The van der Waals surface area contributed by atoms with Crippen LogP contribution in [0.25, 0.3) is 0 Å². The summed E-state index contributed by atoms with van der Waals surface area (Å²) in [6.45, 7) is 1.29. The molecule has 1 unspecified atom stereocenters. The molecule has 4 nitrogen and oxygen atoms in total. The van der Waals surface area contributed by atoms with Crippen LogP contribution in [-0.2, 0) is 13.0 Å². The Labute approximate surface area is 144 Å². The lowest BCUT2D eigenvalue weighted by atomic mass is 9.94. The minimum Gasteiger partial charge on any atom is -0.478 e. The molecule has 0 spiro atoms. The van der Waals surface area contributed by atoms with Crippen molar-refractivity contribution in [3.63, 3.8) is 0 Å². The molecule has 1 aliphatic rings. The second-order valence-electron chi connectivity index (χ2n) is 6.60. The van der Waals surface area contributed by atoms with Crippen molar-refractivity contribution in [3.05, 3.63) is 70.8 Å². The van der Waals surface area contributed by atoms with Gasteiger partial charge in [0.1, 0.15) is 11.6 Å². The molecule has 1 saturated heterocycles. The molecule has 1 fully saturated rings. The summed E-state index contributed by atoms with van der Waals surface area (Å²) in [5, 5.41) is 19.6. The summed E-state index contributed by atoms with van der Waals surface area (Å²) in [7, 11) is 0. The average Bonchev–Trinajstić information content (AvgIpc) is 2.92. The van der Waals surface area contributed by atoms with E-state index in [0.29, 0.717) is 38.0 Å². The van der Waals surface area contributed by atoms with E-state index in [0.717, 1.165) is 11.6 Å². The van der Waals surface area contributed by atoms with Crippen molar-refractivity contribution in [2.24, 2.45) is 0 Å². The van der Waals surface area contributed by atoms with Gasteiger partial charge in [0, 0.05) is 31.6 Å². The molecule has 0 aromatic heterocycles. The summed E-state index contributed by atoms with van der Waals surface area (Å²) in [6, 6.07) is 9.90. The van der Waals surface area contributed by atoms with Crippen LogP contribution in [0.4, 0.5) is 8.78 Å². The Morgan fingerprint density at radius 1 is 1.16 bits per heavy atom. The van der Waals surface area contributed by atoms with Crippen molar-refractivity contribution in [2.75, 3.05) is 13.1 Å². The van der Waals surface area contributed by atoms with E-state index in [4.69, 9.17) is 5.11 Å². The SMILES string of the molecule is O=C(O)c1ccc(CN2CCC(O)(Cc3ccc(F)cc3)C2)c(F)c1. The van der Waals surface area contributed by atoms with Gasteiger partial charge in [-0.25, -0.2) is 13.6 Å². The van der Waals surface area contributed by atoms with Crippen LogP contribution in [-0.4, -0.2) is 39.8 Å². The molecular formula is C19H19F2NO3. The van der Waals surface area contributed by atoms with Gasteiger partial charge >= 0.3 is 5.97 Å². The Kier molecular flexibility index (Phi) is 4.83. The van der Waals surface area contributed by atoms with Gasteiger partial charge in [-0.05, 0) is 36.2 Å². The predicted molar refractivity (Wildman–Crippen MR) is 88.3 cm³/mol. The topological polar surface area (TPSA) is 60.8 Å². The maximum absolute atomic E-state index is 14.1. The first-order chi connectivity index (χ1) is 11.8. The highest BCUT2D eigenvalue weighted by Crippen LogP contribution is 2.27. The maximum atomic E-state index is 14.1. The molecule has 0 bridgehead atoms. The number of hydrogen-bond acceptors (Lipinski definition) is 3. The lowest BCUT2D eigenvalue weighted by molar-refractivity contribution is 0.0487. The first-order valence-electron chi connectivity index (χ1n) is 8.06. The zero-order valence-corrected chi connectivity index (χ0v) is 13.6. The van der Waals surface area contributed by atoms with Crippen LogP contribution in [0.2, 0.25) is 0 Å². The van der Waals surface area contributed by atoms with Gasteiger partial charge in [-0.2, -0.15) is 0 Å². The zero-order valence-electron chi connectivity index (χ0n) is 13.6. The number of carbonyl (C=O) groups is 1. The van der Waals surface area contributed by atoms with Gasteiger partial charge in [0.2, 0.25) is 0 Å². The quantitative estimate of drug-likeness (QED) is 0.873. The highest BCUT2D eigenvalue weighted by Gasteiger charge is 2.36. The van der Waals surface area contributed by atoms with Gasteiger partial charge < -0.3 is 10.2 Å². The molecule has 2 N–H and O–H groups in total. The van der Waals surface area contributed by atoms with Crippen molar-refractivity contribution >= 4 is 5.97 Å². The van der Waals surface area contributed by atoms with Crippen LogP contribution in [0.5, 0.6) is 0 Å². The van der Waals surface area contributed by atoms with Gasteiger partial charge in [-0.15, -0.1) is 0 Å².